The van der Waals surface area contributed by atoms with Crippen molar-refractivity contribution in [1.29, 1.82) is 0 Å². The molecule has 0 aromatic heterocycles. The lowest BCUT2D eigenvalue weighted by atomic mass is 9.93. The highest BCUT2D eigenvalue weighted by molar-refractivity contribution is 6.32. The average Bonchev–Trinajstić information content (AvgIpc) is 2.84. The molecule has 2 amide bonds. The molecule has 0 radical (unpaired) electrons. The van der Waals surface area contributed by atoms with E-state index in [9.17, 15) is 19.2 Å². The van der Waals surface area contributed by atoms with Gasteiger partial charge >= 0.3 is 11.9 Å². The molecule has 0 spiro atoms. The zero-order valence-electron chi connectivity index (χ0n) is 22.1. The van der Waals surface area contributed by atoms with Gasteiger partial charge in [-0.1, -0.05) is 50.7 Å². The highest BCUT2D eigenvalue weighted by Gasteiger charge is 2.35. The summed E-state index contributed by atoms with van der Waals surface area (Å²) >= 11 is 6.19. The first kappa shape index (κ1) is 31.7. The minimum Gasteiger partial charge on any atom is -0.495 e. The van der Waals surface area contributed by atoms with Gasteiger partial charge in [-0.25, -0.2) is 4.79 Å². The van der Waals surface area contributed by atoms with E-state index in [4.69, 9.17) is 25.8 Å². The number of rotatable bonds is 15. The molecule has 0 fully saturated rings. The Balaban J connectivity index is 2.93. The first-order valence-corrected chi connectivity index (χ1v) is 12.2. The molecule has 1 aromatic rings. The number of carbonyl (C=O) groups is 4. The van der Waals surface area contributed by atoms with Gasteiger partial charge in [-0.15, -0.1) is 0 Å². The van der Waals surface area contributed by atoms with Crippen LogP contribution in [0.3, 0.4) is 0 Å². The van der Waals surface area contributed by atoms with Crippen LogP contribution in [-0.4, -0.2) is 56.2 Å². The number of methoxy groups -OCH3 is 1. The number of hydrogen-bond donors (Lipinski definition) is 2. The van der Waals surface area contributed by atoms with Crippen molar-refractivity contribution in [2.45, 2.75) is 52.7 Å². The SMILES string of the molecule is C=CCOC(=O)[C@H](CC(C)C)OC(=O)C(C)(C)CNC(=O)[C@@H](Cc1ccc(OC)c(Cl)c1)NC(=O)C=C. The molecule has 0 bridgehead atoms. The maximum Gasteiger partial charge on any atom is 0.347 e. The van der Waals surface area contributed by atoms with E-state index in [2.05, 4.69) is 23.8 Å². The summed E-state index contributed by atoms with van der Waals surface area (Å²) in [5.74, 6) is -1.85. The van der Waals surface area contributed by atoms with Crippen molar-refractivity contribution in [2.75, 3.05) is 20.3 Å². The maximum atomic E-state index is 13.0. The molecule has 0 heterocycles. The number of ether oxygens (including phenoxy) is 3. The predicted molar refractivity (Wildman–Crippen MR) is 141 cm³/mol. The Hall–Kier alpha value is -3.33. The van der Waals surface area contributed by atoms with E-state index in [-0.39, 0.29) is 31.9 Å². The van der Waals surface area contributed by atoms with E-state index in [0.29, 0.717) is 16.3 Å². The quantitative estimate of drug-likeness (QED) is 0.200. The number of esters is 2. The van der Waals surface area contributed by atoms with Gasteiger partial charge in [0.05, 0.1) is 17.5 Å². The summed E-state index contributed by atoms with van der Waals surface area (Å²) in [6.07, 6.45) is 1.81. The lowest BCUT2D eigenvalue weighted by Crippen LogP contribution is -2.51. The monoisotopic (exact) mass is 536 g/mol. The fourth-order valence-electron chi connectivity index (χ4n) is 3.16. The summed E-state index contributed by atoms with van der Waals surface area (Å²) in [6.45, 7) is 13.8. The van der Waals surface area contributed by atoms with Gasteiger partial charge in [0, 0.05) is 13.0 Å². The fourth-order valence-corrected chi connectivity index (χ4v) is 3.44. The number of nitrogens with one attached hydrogen (secondary N) is 2. The van der Waals surface area contributed by atoms with Crippen molar-refractivity contribution in [3.63, 3.8) is 0 Å². The average molecular weight is 537 g/mol. The highest BCUT2D eigenvalue weighted by Crippen LogP contribution is 2.25. The Kier molecular flexibility index (Phi) is 12.9. The molecule has 0 aliphatic rings. The second-order valence-electron chi connectivity index (χ2n) is 9.48. The van der Waals surface area contributed by atoms with Crippen molar-refractivity contribution >= 4 is 35.4 Å². The summed E-state index contributed by atoms with van der Waals surface area (Å²) in [4.78, 5) is 50.2. The molecule has 0 aliphatic heterocycles. The van der Waals surface area contributed by atoms with E-state index in [1.165, 1.54) is 13.2 Å². The van der Waals surface area contributed by atoms with E-state index < -0.39 is 41.3 Å². The fraction of sp³-hybridized carbons (Fsp3) is 0.481. The molecule has 2 N–H and O–H groups in total. The molecule has 0 aliphatic carbocycles. The second kappa shape index (κ2) is 15.0. The Morgan fingerprint density at radius 2 is 1.84 bits per heavy atom. The Morgan fingerprint density at radius 3 is 2.38 bits per heavy atom. The van der Waals surface area contributed by atoms with Gasteiger partial charge in [0.15, 0.2) is 6.10 Å². The minimum atomic E-state index is -1.18. The Morgan fingerprint density at radius 1 is 1.16 bits per heavy atom. The normalized spacial score (nSPS) is 12.6. The van der Waals surface area contributed by atoms with Crippen molar-refractivity contribution < 1.29 is 33.4 Å². The van der Waals surface area contributed by atoms with Crippen LogP contribution in [-0.2, 0) is 35.1 Å². The van der Waals surface area contributed by atoms with Crippen molar-refractivity contribution in [1.82, 2.24) is 10.6 Å². The van der Waals surface area contributed by atoms with Gasteiger partial charge in [0.2, 0.25) is 11.8 Å². The van der Waals surface area contributed by atoms with E-state index in [1.54, 1.807) is 32.0 Å². The van der Waals surface area contributed by atoms with Crippen LogP contribution < -0.4 is 15.4 Å². The molecule has 1 aromatic carbocycles. The van der Waals surface area contributed by atoms with Crippen LogP contribution in [0.5, 0.6) is 5.75 Å². The molecule has 0 saturated heterocycles. The third-order valence-corrected chi connectivity index (χ3v) is 5.57. The molecular formula is C27H37ClN2O7. The molecule has 2 atom stereocenters. The summed E-state index contributed by atoms with van der Waals surface area (Å²) in [5, 5.41) is 5.64. The van der Waals surface area contributed by atoms with E-state index >= 15 is 0 Å². The predicted octanol–water partition coefficient (Wildman–Crippen LogP) is 3.39. The molecule has 204 valence electrons. The van der Waals surface area contributed by atoms with Gasteiger partial charge in [0.1, 0.15) is 18.4 Å². The number of halogens is 1. The smallest absolute Gasteiger partial charge is 0.347 e. The molecule has 9 nitrogen and oxygen atoms in total. The zero-order valence-corrected chi connectivity index (χ0v) is 22.9. The minimum absolute atomic E-state index is 0.00164. The first-order valence-electron chi connectivity index (χ1n) is 11.9. The number of benzene rings is 1. The van der Waals surface area contributed by atoms with Gasteiger partial charge in [-0.2, -0.15) is 0 Å². The molecular weight excluding hydrogens is 500 g/mol. The molecule has 0 saturated carbocycles. The van der Waals surface area contributed by atoms with Gasteiger partial charge in [-0.05, 0) is 50.0 Å². The Bertz CT molecular complexity index is 991. The standard InChI is InChI=1S/C27H37ClN2O7/c1-8-12-36-25(33)22(13-17(3)4)37-26(34)27(5,6)16-29-24(32)20(30-23(31)9-2)15-18-10-11-21(35-7)19(28)14-18/h8-11,14,17,20,22H,1-2,12-13,15-16H2,3-7H3,(H,29,32)(H,30,31)/t20-,22+/m1/s1. The van der Waals surface area contributed by atoms with Crippen LogP contribution in [0.25, 0.3) is 0 Å². The summed E-state index contributed by atoms with van der Waals surface area (Å²) in [6, 6.07) is 4.06. The molecule has 0 unspecified atom stereocenters. The number of hydrogen-bond acceptors (Lipinski definition) is 7. The third kappa shape index (κ3) is 10.7. The summed E-state index contributed by atoms with van der Waals surface area (Å²) in [7, 11) is 1.49. The first-order chi connectivity index (χ1) is 17.3. The van der Waals surface area contributed by atoms with Gasteiger partial charge in [0.25, 0.3) is 0 Å². The molecule has 10 heteroatoms. The van der Waals surface area contributed by atoms with Crippen molar-refractivity contribution in [3.05, 3.63) is 54.1 Å². The van der Waals surface area contributed by atoms with E-state index in [0.717, 1.165) is 6.08 Å². The van der Waals surface area contributed by atoms with Crippen LogP contribution in [0.4, 0.5) is 0 Å². The van der Waals surface area contributed by atoms with Crippen LogP contribution in [0.15, 0.2) is 43.5 Å². The Labute approximate surface area is 223 Å². The van der Waals surface area contributed by atoms with Crippen LogP contribution >= 0.6 is 11.6 Å². The summed E-state index contributed by atoms with van der Waals surface area (Å²) < 4.78 is 15.7. The third-order valence-electron chi connectivity index (χ3n) is 5.27. The van der Waals surface area contributed by atoms with Gasteiger partial charge < -0.3 is 24.8 Å². The largest absolute Gasteiger partial charge is 0.495 e. The van der Waals surface area contributed by atoms with Crippen LogP contribution in [0, 0.1) is 11.3 Å². The maximum absolute atomic E-state index is 13.0. The highest BCUT2D eigenvalue weighted by atomic mass is 35.5. The van der Waals surface area contributed by atoms with Crippen molar-refractivity contribution in [3.8, 4) is 5.75 Å². The topological polar surface area (TPSA) is 120 Å². The van der Waals surface area contributed by atoms with E-state index in [1.807, 2.05) is 13.8 Å². The lowest BCUT2D eigenvalue weighted by molar-refractivity contribution is -0.174. The molecule has 37 heavy (non-hydrogen) atoms. The number of carbonyl (C=O) groups excluding carboxylic acids is 4. The second-order valence-corrected chi connectivity index (χ2v) is 9.89. The van der Waals surface area contributed by atoms with Crippen molar-refractivity contribution in [2.24, 2.45) is 11.3 Å². The summed E-state index contributed by atoms with van der Waals surface area (Å²) in [5.41, 5.74) is -0.497. The van der Waals surface area contributed by atoms with Crippen LogP contribution in [0.1, 0.15) is 39.7 Å². The zero-order chi connectivity index (χ0) is 28.2. The molecule has 1 rings (SSSR count). The number of amides is 2. The van der Waals surface area contributed by atoms with Crippen LogP contribution in [0.2, 0.25) is 5.02 Å². The van der Waals surface area contributed by atoms with Gasteiger partial charge in [-0.3, -0.25) is 14.4 Å². The lowest BCUT2D eigenvalue weighted by Gasteiger charge is -2.27.